The van der Waals surface area contributed by atoms with E-state index in [9.17, 15) is 14.3 Å². The summed E-state index contributed by atoms with van der Waals surface area (Å²) in [5.74, 6) is 0.133. The summed E-state index contributed by atoms with van der Waals surface area (Å²) in [7, 11) is -2.75. The van der Waals surface area contributed by atoms with Crippen LogP contribution in [0.3, 0.4) is 0 Å². The van der Waals surface area contributed by atoms with E-state index >= 15 is 0 Å². The molecule has 1 saturated carbocycles. The van der Waals surface area contributed by atoms with E-state index in [2.05, 4.69) is 16.8 Å². The molecule has 0 aromatic rings. The molecule has 0 heterocycles. The number of rotatable bonds is 20. The van der Waals surface area contributed by atoms with Crippen molar-refractivity contribution < 1.29 is 23.3 Å². The Hall–Kier alpha value is -0.420. The molecule has 1 unspecified atom stereocenters. The minimum absolute atomic E-state index is 0.133. The minimum Gasteiger partial charge on any atom is -0.353 e. The van der Waals surface area contributed by atoms with Gasteiger partial charge in [-0.05, 0) is 32.1 Å². The standard InChI is InChI=1S/C25H50NO5P/c1-3-4-5-6-7-8-9-10-11-12-13-14-15-16-17-18-25(27)26-23-19-21-24(22-20-23)31-32(28,29)30-2/h23-24H,3-22H2,1-2H3,(H,26,27)(H,28,29). The van der Waals surface area contributed by atoms with Crippen molar-refractivity contribution in [2.75, 3.05) is 7.11 Å². The Morgan fingerprint density at radius 3 is 1.69 bits per heavy atom. The van der Waals surface area contributed by atoms with Crippen LogP contribution >= 0.6 is 7.82 Å². The summed E-state index contributed by atoms with van der Waals surface area (Å²) in [6.45, 7) is 2.27. The molecule has 32 heavy (non-hydrogen) atoms. The van der Waals surface area contributed by atoms with Gasteiger partial charge in [0.15, 0.2) is 0 Å². The van der Waals surface area contributed by atoms with Crippen LogP contribution in [0.1, 0.15) is 135 Å². The zero-order valence-corrected chi connectivity index (χ0v) is 21.7. The van der Waals surface area contributed by atoms with Crippen LogP contribution in [0.4, 0.5) is 0 Å². The maximum atomic E-state index is 12.2. The average molecular weight is 476 g/mol. The molecule has 6 nitrogen and oxygen atoms in total. The van der Waals surface area contributed by atoms with Crippen LogP contribution in [-0.4, -0.2) is 30.1 Å². The van der Waals surface area contributed by atoms with E-state index in [-0.39, 0.29) is 18.1 Å². The molecule has 7 heteroatoms. The predicted molar refractivity (Wildman–Crippen MR) is 132 cm³/mol. The molecule has 0 spiro atoms. The topological polar surface area (TPSA) is 84.9 Å². The van der Waals surface area contributed by atoms with Crippen molar-refractivity contribution in [3.8, 4) is 0 Å². The Morgan fingerprint density at radius 2 is 1.25 bits per heavy atom. The lowest BCUT2D eigenvalue weighted by molar-refractivity contribution is -0.122. The SMILES string of the molecule is CCCCCCCCCCCCCCCCCC(=O)NC1CCC(OP(=O)(O)OC)CC1. The van der Waals surface area contributed by atoms with Gasteiger partial charge in [-0.1, -0.05) is 96.8 Å². The first kappa shape index (κ1) is 29.6. The lowest BCUT2D eigenvalue weighted by Gasteiger charge is -2.29. The van der Waals surface area contributed by atoms with Crippen LogP contribution in [0.5, 0.6) is 0 Å². The molecule has 0 saturated heterocycles. The smallest absolute Gasteiger partial charge is 0.353 e. The van der Waals surface area contributed by atoms with Gasteiger partial charge in [-0.2, -0.15) is 0 Å². The monoisotopic (exact) mass is 475 g/mol. The number of carbonyl (C=O) groups is 1. The third-order valence-corrected chi connectivity index (χ3v) is 7.59. The van der Waals surface area contributed by atoms with E-state index in [1.165, 1.54) is 90.6 Å². The van der Waals surface area contributed by atoms with Crippen LogP contribution in [-0.2, 0) is 18.4 Å². The van der Waals surface area contributed by atoms with Crippen molar-refractivity contribution in [3.63, 3.8) is 0 Å². The molecule has 1 amide bonds. The molecule has 1 atom stereocenters. The van der Waals surface area contributed by atoms with Gasteiger partial charge in [0.05, 0.1) is 6.10 Å². The highest BCUT2D eigenvalue weighted by atomic mass is 31.2. The molecule has 0 aromatic carbocycles. The van der Waals surface area contributed by atoms with Gasteiger partial charge in [-0.25, -0.2) is 4.57 Å². The lowest BCUT2D eigenvalue weighted by atomic mass is 9.93. The molecule has 0 radical (unpaired) electrons. The summed E-state index contributed by atoms with van der Waals surface area (Å²) in [6, 6.07) is 0.152. The van der Waals surface area contributed by atoms with Crippen molar-refractivity contribution in [1.29, 1.82) is 0 Å². The first-order valence-electron chi connectivity index (χ1n) is 13.3. The maximum absolute atomic E-state index is 12.2. The second-order valence-electron chi connectivity index (χ2n) is 9.50. The fourth-order valence-corrected chi connectivity index (χ4v) is 5.17. The van der Waals surface area contributed by atoms with E-state index in [1.807, 2.05) is 0 Å². The zero-order valence-electron chi connectivity index (χ0n) is 20.8. The van der Waals surface area contributed by atoms with Crippen molar-refractivity contribution >= 4 is 13.7 Å². The van der Waals surface area contributed by atoms with Crippen LogP contribution in [0.25, 0.3) is 0 Å². The highest BCUT2D eigenvalue weighted by molar-refractivity contribution is 7.47. The maximum Gasteiger partial charge on any atom is 0.472 e. The molecule has 0 aromatic heterocycles. The van der Waals surface area contributed by atoms with Gasteiger partial charge in [0.1, 0.15) is 0 Å². The Morgan fingerprint density at radius 1 is 0.812 bits per heavy atom. The number of phosphoric ester groups is 1. The molecule has 1 fully saturated rings. The Kier molecular flexibility index (Phi) is 17.5. The Balaban J connectivity index is 1.87. The summed E-state index contributed by atoms with van der Waals surface area (Å²) in [5, 5.41) is 3.11. The second kappa shape index (κ2) is 18.9. The molecule has 2 N–H and O–H groups in total. The van der Waals surface area contributed by atoms with Crippen molar-refractivity contribution in [2.45, 2.75) is 147 Å². The molecule has 190 valence electrons. The molecular weight excluding hydrogens is 425 g/mol. The first-order valence-corrected chi connectivity index (χ1v) is 14.8. The van der Waals surface area contributed by atoms with Crippen molar-refractivity contribution in [3.05, 3.63) is 0 Å². The Labute approximate surface area is 197 Å². The number of unbranched alkanes of at least 4 members (excludes halogenated alkanes) is 14. The van der Waals surface area contributed by atoms with Gasteiger partial charge in [-0.15, -0.1) is 0 Å². The Bertz CT molecular complexity index is 509. The van der Waals surface area contributed by atoms with Gasteiger partial charge in [0, 0.05) is 19.6 Å². The quantitative estimate of drug-likeness (QED) is 0.141. The third kappa shape index (κ3) is 16.2. The first-order chi connectivity index (χ1) is 15.5. The number of phosphoric acid groups is 1. The van der Waals surface area contributed by atoms with Gasteiger partial charge in [0.25, 0.3) is 0 Å². The van der Waals surface area contributed by atoms with Gasteiger partial charge >= 0.3 is 7.82 Å². The lowest BCUT2D eigenvalue weighted by Crippen LogP contribution is -2.38. The van der Waals surface area contributed by atoms with E-state index < -0.39 is 7.82 Å². The van der Waals surface area contributed by atoms with Crippen molar-refractivity contribution in [1.82, 2.24) is 5.32 Å². The van der Waals surface area contributed by atoms with E-state index in [0.29, 0.717) is 19.3 Å². The summed E-state index contributed by atoms with van der Waals surface area (Å²) in [4.78, 5) is 21.5. The molecular formula is C25H50NO5P. The van der Waals surface area contributed by atoms with Crippen molar-refractivity contribution in [2.24, 2.45) is 0 Å². The van der Waals surface area contributed by atoms with E-state index in [1.54, 1.807) is 0 Å². The zero-order chi connectivity index (χ0) is 23.5. The molecule has 1 aliphatic carbocycles. The summed E-state index contributed by atoms with van der Waals surface area (Å²) in [6.07, 6.45) is 23.1. The number of amides is 1. The fraction of sp³-hybridized carbons (Fsp3) is 0.960. The molecule has 1 aliphatic rings. The molecule has 1 rings (SSSR count). The average Bonchev–Trinajstić information content (AvgIpc) is 2.77. The predicted octanol–water partition coefficient (Wildman–Crippen LogP) is 7.44. The van der Waals surface area contributed by atoms with Crippen LogP contribution in [0.15, 0.2) is 0 Å². The van der Waals surface area contributed by atoms with Gasteiger partial charge in [0.2, 0.25) is 5.91 Å². The summed E-state index contributed by atoms with van der Waals surface area (Å²) in [5.41, 5.74) is 0. The summed E-state index contributed by atoms with van der Waals surface area (Å²) >= 11 is 0. The van der Waals surface area contributed by atoms with Gasteiger partial charge < -0.3 is 10.2 Å². The highest BCUT2D eigenvalue weighted by Gasteiger charge is 2.29. The number of hydrogen-bond acceptors (Lipinski definition) is 4. The largest absolute Gasteiger partial charge is 0.472 e. The number of nitrogens with one attached hydrogen (secondary N) is 1. The van der Waals surface area contributed by atoms with Crippen LogP contribution in [0, 0.1) is 0 Å². The van der Waals surface area contributed by atoms with E-state index in [0.717, 1.165) is 25.7 Å². The molecule has 0 aliphatic heterocycles. The normalized spacial score (nSPS) is 20.7. The fourth-order valence-electron chi connectivity index (χ4n) is 4.50. The number of carbonyl (C=O) groups excluding carboxylic acids is 1. The van der Waals surface area contributed by atoms with E-state index in [4.69, 9.17) is 4.52 Å². The highest BCUT2D eigenvalue weighted by Crippen LogP contribution is 2.45. The third-order valence-electron chi connectivity index (χ3n) is 6.56. The van der Waals surface area contributed by atoms with Crippen LogP contribution in [0.2, 0.25) is 0 Å². The molecule has 0 bridgehead atoms. The van der Waals surface area contributed by atoms with Crippen LogP contribution < -0.4 is 5.32 Å². The summed E-state index contributed by atoms with van der Waals surface area (Å²) < 4.78 is 21.1. The number of hydrogen-bond donors (Lipinski definition) is 2. The van der Waals surface area contributed by atoms with Gasteiger partial charge in [-0.3, -0.25) is 13.8 Å². The second-order valence-corrected chi connectivity index (χ2v) is 11.0. The minimum atomic E-state index is -3.92.